The highest BCUT2D eigenvalue weighted by Crippen LogP contribution is 2.18. The summed E-state index contributed by atoms with van der Waals surface area (Å²) in [5, 5.41) is 12.6. The molecule has 2 heterocycles. The fourth-order valence-corrected chi connectivity index (χ4v) is 1.72. The van der Waals surface area contributed by atoms with Gasteiger partial charge in [-0.15, -0.1) is 5.10 Å². The van der Waals surface area contributed by atoms with Gasteiger partial charge in [0.2, 0.25) is 0 Å². The molecular weight excluding hydrogens is 220 g/mol. The number of nitrogens with zero attached hydrogens (tertiary/aromatic N) is 4. The van der Waals surface area contributed by atoms with Gasteiger partial charge in [-0.2, -0.15) is 5.26 Å². The quantitative estimate of drug-likeness (QED) is 0.783. The minimum Gasteiger partial charge on any atom is -0.333 e. The van der Waals surface area contributed by atoms with E-state index in [1.807, 2.05) is 12.3 Å². The molecule has 0 fully saturated rings. The predicted octanol–water partition coefficient (Wildman–Crippen LogP) is 1.91. The van der Waals surface area contributed by atoms with Gasteiger partial charge in [-0.3, -0.25) is 0 Å². The van der Waals surface area contributed by atoms with Crippen LogP contribution < -0.4 is 0 Å². The summed E-state index contributed by atoms with van der Waals surface area (Å²) in [5.41, 5.74) is 1.29. The molecule has 0 aliphatic carbocycles. The summed E-state index contributed by atoms with van der Waals surface area (Å²) >= 11 is 7.00. The van der Waals surface area contributed by atoms with Crippen molar-refractivity contribution in [1.82, 2.24) is 14.2 Å². The molecule has 0 N–H and O–H groups in total. The molecule has 6 heteroatoms. The van der Waals surface area contributed by atoms with Crippen molar-refractivity contribution in [3.8, 4) is 6.07 Å². The van der Waals surface area contributed by atoms with Crippen molar-refractivity contribution in [2.24, 2.45) is 0 Å². The van der Waals surface area contributed by atoms with Crippen LogP contribution in [0.3, 0.4) is 0 Å². The fourth-order valence-electron chi connectivity index (χ4n) is 1.11. The predicted molar refractivity (Wildman–Crippen MR) is 53.2 cm³/mol. The van der Waals surface area contributed by atoms with Gasteiger partial charge in [-0.25, -0.2) is 0 Å². The van der Waals surface area contributed by atoms with Crippen LogP contribution in [0.25, 0.3) is 0 Å². The molecule has 2 aromatic heterocycles. The molecular formula is C8H5ClN4S. The zero-order valence-corrected chi connectivity index (χ0v) is 8.59. The van der Waals surface area contributed by atoms with E-state index in [0.29, 0.717) is 22.3 Å². The van der Waals surface area contributed by atoms with Gasteiger partial charge in [0.05, 0.1) is 6.54 Å². The van der Waals surface area contributed by atoms with E-state index in [9.17, 15) is 0 Å². The maximum absolute atomic E-state index is 8.77. The Balaban J connectivity index is 2.28. The summed E-state index contributed by atoms with van der Waals surface area (Å²) < 4.78 is 6.07. The van der Waals surface area contributed by atoms with Gasteiger partial charge in [0, 0.05) is 17.7 Å². The van der Waals surface area contributed by atoms with Gasteiger partial charge in [0.1, 0.15) is 21.8 Å². The van der Waals surface area contributed by atoms with Crippen LogP contribution >= 0.6 is 23.1 Å². The molecule has 0 unspecified atom stereocenters. The van der Waals surface area contributed by atoms with Crippen molar-refractivity contribution in [1.29, 1.82) is 5.26 Å². The molecule has 0 radical (unpaired) electrons. The third-order valence-corrected chi connectivity index (χ3v) is 2.76. The van der Waals surface area contributed by atoms with E-state index in [1.165, 1.54) is 0 Å². The van der Waals surface area contributed by atoms with Crippen molar-refractivity contribution in [2.75, 3.05) is 0 Å². The Hall–Kier alpha value is -1.38. The van der Waals surface area contributed by atoms with Crippen molar-refractivity contribution >= 4 is 23.1 Å². The minimum absolute atomic E-state index is 0.491. The molecule has 0 aliphatic heterocycles. The molecule has 0 bridgehead atoms. The van der Waals surface area contributed by atoms with E-state index in [0.717, 1.165) is 11.5 Å². The summed E-state index contributed by atoms with van der Waals surface area (Å²) in [7, 11) is 0. The summed E-state index contributed by atoms with van der Waals surface area (Å²) in [5.74, 6) is 0. The number of rotatable bonds is 2. The maximum Gasteiger partial charge on any atom is 0.139 e. The van der Waals surface area contributed by atoms with Crippen LogP contribution in [0, 0.1) is 11.3 Å². The first kappa shape index (κ1) is 9.19. The van der Waals surface area contributed by atoms with Gasteiger partial charge in [-0.05, 0) is 12.1 Å². The van der Waals surface area contributed by atoms with Crippen LogP contribution in [-0.2, 0) is 6.54 Å². The Morgan fingerprint density at radius 2 is 2.50 bits per heavy atom. The highest BCUT2D eigenvalue weighted by molar-refractivity contribution is 7.10. The molecule has 0 aliphatic rings. The SMILES string of the molecule is N#Cc1cccn1Cc1nnsc1Cl. The Labute approximate surface area is 89.5 Å². The zero-order chi connectivity index (χ0) is 9.97. The zero-order valence-electron chi connectivity index (χ0n) is 7.01. The largest absolute Gasteiger partial charge is 0.333 e. The van der Waals surface area contributed by atoms with Crippen LogP contribution in [0.5, 0.6) is 0 Å². The van der Waals surface area contributed by atoms with Crippen molar-refractivity contribution in [3.63, 3.8) is 0 Å². The van der Waals surface area contributed by atoms with Crippen molar-refractivity contribution in [2.45, 2.75) is 6.54 Å². The lowest BCUT2D eigenvalue weighted by Gasteiger charge is -2.00. The number of halogens is 1. The summed E-state index contributed by atoms with van der Waals surface area (Å²) in [6, 6.07) is 5.64. The van der Waals surface area contributed by atoms with Crippen LogP contribution in [0.2, 0.25) is 4.34 Å². The molecule has 0 spiro atoms. The lowest BCUT2D eigenvalue weighted by atomic mass is 10.4. The lowest BCUT2D eigenvalue weighted by Crippen LogP contribution is -2.01. The van der Waals surface area contributed by atoms with Gasteiger partial charge in [0.15, 0.2) is 0 Å². The van der Waals surface area contributed by atoms with E-state index < -0.39 is 0 Å². The van der Waals surface area contributed by atoms with Crippen LogP contribution in [-0.4, -0.2) is 14.2 Å². The monoisotopic (exact) mass is 224 g/mol. The molecule has 0 saturated carbocycles. The van der Waals surface area contributed by atoms with E-state index in [-0.39, 0.29) is 0 Å². The Morgan fingerprint density at radius 3 is 3.14 bits per heavy atom. The third-order valence-electron chi connectivity index (χ3n) is 1.77. The van der Waals surface area contributed by atoms with E-state index in [1.54, 1.807) is 10.6 Å². The highest BCUT2D eigenvalue weighted by Gasteiger charge is 2.07. The van der Waals surface area contributed by atoms with E-state index in [2.05, 4.69) is 15.7 Å². The summed E-state index contributed by atoms with van der Waals surface area (Å²) in [6.45, 7) is 0.491. The molecule has 2 aromatic rings. The Bertz CT molecular complexity index is 481. The smallest absolute Gasteiger partial charge is 0.139 e. The van der Waals surface area contributed by atoms with Gasteiger partial charge in [-0.1, -0.05) is 16.1 Å². The van der Waals surface area contributed by atoms with Crippen molar-refractivity contribution in [3.05, 3.63) is 34.1 Å². The first-order chi connectivity index (χ1) is 6.81. The van der Waals surface area contributed by atoms with Gasteiger partial charge >= 0.3 is 0 Å². The molecule has 0 saturated heterocycles. The molecule has 2 rings (SSSR count). The summed E-state index contributed by atoms with van der Waals surface area (Å²) in [4.78, 5) is 0. The number of nitriles is 1. The molecule has 14 heavy (non-hydrogen) atoms. The average molecular weight is 225 g/mol. The lowest BCUT2D eigenvalue weighted by molar-refractivity contribution is 0.765. The van der Waals surface area contributed by atoms with Crippen LogP contribution in [0.15, 0.2) is 18.3 Å². The van der Waals surface area contributed by atoms with Gasteiger partial charge in [0.25, 0.3) is 0 Å². The van der Waals surface area contributed by atoms with E-state index >= 15 is 0 Å². The molecule has 4 nitrogen and oxygen atoms in total. The third kappa shape index (κ3) is 1.62. The minimum atomic E-state index is 0.491. The van der Waals surface area contributed by atoms with Crippen molar-refractivity contribution < 1.29 is 0 Å². The Morgan fingerprint density at radius 1 is 1.64 bits per heavy atom. The normalized spacial score (nSPS) is 10.0. The van der Waals surface area contributed by atoms with Crippen LogP contribution in [0.1, 0.15) is 11.4 Å². The molecule has 0 aromatic carbocycles. The second-order valence-corrected chi connectivity index (χ2v) is 3.98. The number of aromatic nitrogens is 3. The van der Waals surface area contributed by atoms with E-state index in [4.69, 9.17) is 16.9 Å². The highest BCUT2D eigenvalue weighted by atomic mass is 35.5. The first-order valence-electron chi connectivity index (χ1n) is 3.83. The maximum atomic E-state index is 8.77. The molecule has 70 valence electrons. The second-order valence-electron chi connectivity index (χ2n) is 2.63. The number of hydrogen-bond donors (Lipinski definition) is 0. The Kier molecular flexibility index (Phi) is 2.48. The first-order valence-corrected chi connectivity index (χ1v) is 4.98. The fraction of sp³-hybridized carbons (Fsp3) is 0.125. The topological polar surface area (TPSA) is 54.5 Å². The standard InChI is InChI=1S/C8H5ClN4S/c9-8-7(11-12-14-8)5-13-3-1-2-6(13)4-10/h1-3H,5H2. The summed E-state index contributed by atoms with van der Waals surface area (Å²) in [6.07, 6.45) is 1.81. The average Bonchev–Trinajstić information content (AvgIpc) is 2.77. The second kappa shape index (κ2) is 3.78. The van der Waals surface area contributed by atoms with Crippen LogP contribution in [0.4, 0.5) is 0 Å². The molecule has 0 atom stereocenters. The number of hydrogen-bond acceptors (Lipinski definition) is 4. The molecule has 0 amide bonds. The van der Waals surface area contributed by atoms with Gasteiger partial charge < -0.3 is 4.57 Å².